The van der Waals surface area contributed by atoms with E-state index >= 15 is 0 Å². The number of pyridine rings is 1. The van der Waals surface area contributed by atoms with Gasteiger partial charge in [0.05, 0.1) is 6.61 Å². The quantitative estimate of drug-likeness (QED) is 0.848. The van der Waals surface area contributed by atoms with E-state index in [1.54, 1.807) is 0 Å². The molecule has 2 aromatic rings. The zero-order valence-corrected chi connectivity index (χ0v) is 12.9. The summed E-state index contributed by atoms with van der Waals surface area (Å²) in [5.74, 6) is 0.996. The van der Waals surface area contributed by atoms with Crippen molar-refractivity contribution < 1.29 is 4.74 Å². The number of para-hydroxylation sites is 1. The van der Waals surface area contributed by atoms with E-state index in [0.29, 0.717) is 6.61 Å². The van der Waals surface area contributed by atoms with E-state index < -0.39 is 0 Å². The van der Waals surface area contributed by atoms with Gasteiger partial charge in [0.15, 0.2) is 0 Å². The molecule has 0 amide bonds. The van der Waals surface area contributed by atoms with Gasteiger partial charge < -0.3 is 10.5 Å². The highest BCUT2D eigenvalue weighted by Crippen LogP contribution is 2.25. The Kier molecular flexibility index (Phi) is 5.76. The lowest BCUT2D eigenvalue weighted by Crippen LogP contribution is -2.22. The number of aromatic nitrogens is 1. The van der Waals surface area contributed by atoms with E-state index in [0.717, 1.165) is 25.0 Å². The van der Waals surface area contributed by atoms with E-state index in [2.05, 4.69) is 37.0 Å². The van der Waals surface area contributed by atoms with Gasteiger partial charge in [-0.05, 0) is 48.6 Å². The first kappa shape index (κ1) is 15.5. The predicted molar refractivity (Wildman–Crippen MR) is 86.6 cm³/mol. The number of hydrogen-bond donors (Lipinski definition) is 1. The molecule has 2 N–H and O–H groups in total. The van der Waals surface area contributed by atoms with Crippen molar-refractivity contribution in [3.05, 3.63) is 59.4 Å². The first-order valence-corrected chi connectivity index (χ1v) is 7.56. The molecular formula is C18H24N2O. The molecular weight excluding hydrogens is 260 g/mol. The van der Waals surface area contributed by atoms with Crippen molar-refractivity contribution in [2.24, 2.45) is 5.73 Å². The zero-order chi connectivity index (χ0) is 15.1. The molecule has 1 atom stereocenters. The SMILES string of the molecule is CCC(N)Cc1cccc(C)c1OCCc1ccncc1. The van der Waals surface area contributed by atoms with Crippen LogP contribution in [-0.4, -0.2) is 17.6 Å². The van der Waals surface area contributed by atoms with Crippen LogP contribution in [0.25, 0.3) is 0 Å². The van der Waals surface area contributed by atoms with E-state index in [1.807, 2.05) is 24.5 Å². The molecule has 1 aromatic heterocycles. The van der Waals surface area contributed by atoms with Crippen LogP contribution in [0.5, 0.6) is 5.75 Å². The lowest BCUT2D eigenvalue weighted by Gasteiger charge is -2.16. The minimum Gasteiger partial charge on any atom is -0.493 e. The monoisotopic (exact) mass is 284 g/mol. The summed E-state index contributed by atoms with van der Waals surface area (Å²) in [6.07, 6.45) is 6.35. The Morgan fingerprint density at radius 2 is 1.95 bits per heavy atom. The smallest absolute Gasteiger partial charge is 0.125 e. The van der Waals surface area contributed by atoms with E-state index in [-0.39, 0.29) is 6.04 Å². The van der Waals surface area contributed by atoms with Crippen molar-refractivity contribution in [2.45, 2.75) is 39.2 Å². The van der Waals surface area contributed by atoms with Gasteiger partial charge in [-0.15, -0.1) is 0 Å². The maximum absolute atomic E-state index is 6.08. The summed E-state index contributed by atoms with van der Waals surface area (Å²) in [6.45, 7) is 4.87. The average molecular weight is 284 g/mol. The van der Waals surface area contributed by atoms with Crippen molar-refractivity contribution >= 4 is 0 Å². The van der Waals surface area contributed by atoms with Crippen LogP contribution in [-0.2, 0) is 12.8 Å². The summed E-state index contributed by atoms with van der Waals surface area (Å²) < 4.78 is 6.04. The Morgan fingerprint density at radius 3 is 2.67 bits per heavy atom. The molecule has 0 saturated carbocycles. The Labute approximate surface area is 127 Å². The van der Waals surface area contributed by atoms with Crippen LogP contribution >= 0.6 is 0 Å². The van der Waals surface area contributed by atoms with Crippen LogP contribution in [0.3, 0.4) is 0 Å². The Bertz CT molecular complexity index is 554. The van der Waals surface area contributed by atoms with Crippen molar-refractivity contribution in [1.29, 1.82) is 0 Å². The molecule has 0 spiro atoms. The number of nitrogens with two attached hydrogens (primary N) is 1. The Morgan fingerprint density at radius 1 is 1.19 bits per heavy atom. The topological polar surface area (TPSA) is 48.1 Å². The number of rotatable bonds is 7. The lowest BCUT2D eigenvalue weighted by atomic mass is 10.0. The minimum atomic E-state index is 0.189. The molecule has 2 rings (SSSR count). The largest absolute Gasteiger partial charge is 0.493 e. The molecule has 3 nitrogen and oxygen atoms in total. The Hall–Kier alpha value is -1.87. The molecule has 0 radical (unpaired) electrons. The van der Waals surface area contributed by atoms with E-state index in [4.69, 9.17) is 10.5 Å². The predicted octanol–water partition coefficient (Wildman–Crippen LogP) is 3.29. The minimum absolute atomic E-state index is 0.189. The molecule has 0 fully saturated rings. The van der Waals surface area contributed by atoms with Crippen LogP contribution in [0.4, 0.5) is 0 Å². The van der Waals surface area contributed by atoms with Gasteiger partial charge in [-0.25, -0.2) is 0 Å². The maximum atomic E-state index is 6.08. The molecule has 1 aromatic carbocycles. The first-order chi connectivity index (χ1) is 10.2. The molecule has 1 unspecified atom stereocenters. The summed E-state index contributed by atoms with van der Waals surface area (Å²) in [6, 6.07) is 10.5. The molecule has 0 aliphatic heterocycles. The number of nitrogens with zero attached hydrogens (tertiary/aromatic N) is 1. The number of hydrogen-bond acceptors (Lipinski definition) is 3. The van der Waals surface area contributed by atoms with Crippen molar-refractivity contribution in [3.63, 3.8) is 0 Å². The van der Waals surface area contributed by atoms with E-state index in [9.17, 15) is 0 Å². The maximum Gasteiger partial charge on any atom is 0.125 e. The molecule has 0 aliphatic carbocycles. The molecule has 0 aliphatic rings. The van der Waals surface area contributed by atoms with Gasteiger partial charge in [-0.2, -0.15) is 0 Å². The second-order valence-corrected chi connectivity index (χ2v) is 5.39. The molecule has 21 heavy (non-hydrogen) atoms. The average Bonchev–Trinajstić information content (AvgIpc) is 2.51. The third-order valence-electron chi connectivity index (χ3n) is 3.69. The molecule has 112 valence electrons. The summed E-state index contributed by atoms with van der Waals surface area (Å²) in [4.78, 5) is 4.03. The summed E-state index contributed by atoms with van der Waals surface area (Å²) in [7, 11) is 0. The fourth-order valence-electron chi connectivity index (χ4n) is 2.33. The second kappa shape index (κ2) is 7.79. The van der Waals surface area contributed by atoms with Gasteiger partial charge in [0.25, 0.3) is 0 Å². The summed E-state index contributed by atoms with van der Waals surface area (Å²) >= 11 is 0. The fraction of sp³-hybridized carbons (Fsp3) is 0.389. The van der Waals surface area contributed by atoms with Crippen LogP contribution in [0.15, 0.2) is 42.7 Å². The highest BCUT2D eigenvalue weighted by molar-refractivity contribution is 5.41. The molecule has 0 saturated heterocycles. The van der Waals surface area contributed by atoms with E-state index in [1.165, 1.54) is 16.7 Å². The van der Waals surface area contributed by atoms with Crippen molar-refractivity contribution in [2.75, 3.05) is 6.61 Å². The van der Waals surface area contributed by atoms with Crippen LogP contribution in [0.1, 0.15) is 30.0 Å². The molecule has 3 heteroatoms. The number of aryl methyl sites for hydroxylation is 1. The van der Waals surface area contributed by atoms with Gasteiger partial charge in [0.1, 0.15) is 5.75 Å². The molecule has 0 bridgehead atoms. The molecule has 1 heterocycles. The standard InChI is InChI=1S/C18H24N2O/c1-3-17(19)13-16-6-4-5-14(2)18(16)21-12-9-15-7-10-20-11-8-15/h4-8,10-11,17H,3,9,12-13,19H2,1-2H3. The second-order valence-electron chi connectivity index (χ2n) is 5.39. The van der Waals surface area contributed by atoms with Gasteiger partial charge in [0, 0.05) is 24.9 Å². The van der Waals surface area contributed by atoms with Gasteiger partial charge in [-0.1, -0.05) is 25.1 Å². The van der Waals surface area contributed by atoms with Gasteiger partial charge >= 0.3 is 0 Å². The zero-order valence-electron chi connectivity index (χ0n) is 12.9. The number of ether oxygens (including phenoxy) is 1. The fourth-order valence-corrected chi connectivity index (χ4v) is 2.33. The third-order valence-corrected chi connectivity index (χ3v) is 3.69. The van der Waals surface area contributed by atoms with Crippen LogP contribution in [0.2, 0.25) is 0 Å². The third kappa shape index (κ3) is 4.57. The lowest BCUT2D eigenvalue weighted by molar-refractivity contribution is 0.315. The van der Waals surface area contributed by atoms with Gasteiger partial charge in [0.2, 0.25) is 0 Å². The Balaban J connectivity index is 2.01. The number of benzene rings is 1. The highest BCUT2D eigenvalue weighted by Gasteiger charge is 2.10. The summed E-state index contributed by atoms with van der Waals surface area (Å²) in [5, 5.41) is 0. The van der Waals surface area contributed by atoms with Crippen molar-refractivity contribution in [3.8, 4) is 5.75 Å². The normalized spacial score (nSPS) is 12.1. The summed E-state index contributed by atoms with van der Waals surface area (Å²) in [5.41, 5.74) is 9.70. The highest BCUT2D eigenvalue weighted by atomic mass is 16.5. The van der Waals surface area contributed by atoms with Crippen LogP contribution < -0.4 is 10.5 Å². The van der Waals surface area contributed by atoms with Gasteiger partial charge in [-0.3, -0.25) is 4.98 Å². The van der Waals surface area contributed by atoms with Crippen LogP contribution in [0, 0.1) is 6.92 Å². The van der Waals surface area contributed by atoms with Crippen molar-refractivity contribution in [1.82, 2.24) is 4.98 Å². The first-order valence-electron chi connectivity index (χ1n) is 7.56.